The van der Waals surface area contributed by atoms with E-state index in [1.54, 1.807) is 4.90 Å². The van der Waals surface area contributed by atoms with Crippen molar-refractivity contribution in [2.45, 2.75) is 39.5 Å². The Labute approximate surface area is 139 Å². The summed E-state index contributed by atoms with van der Waals surface area (Å²) in [6, 6.07) is 11.4. The van der Waals surface area contributed by atoms with E-state index in [1.807, 2.05) is 44.2 Å². The Bertz CT molecular complexity index is 712. The van der Waals surface area contributed by atoms with Gasteiger partial charge in [0.25, 0.3) is 5.91 Å². The molecule has 0 aliphatic heterocycles. The first-order valence-electron chi connectivity index (χ1n) is 7.60. The number of amides is 1. The highest BCUT2D eigenvalue weighted by Gasteiger charge is 2.33. The number of carbonyl (C=O) groups is 1. The van der Waals surface area contributed by atoms with Crippen LogP contribution in [0.15, 0.2) is 42.5 Å². The lowest BCUT2D eigenvalue weighted by Gasteiger charge is -2.27. The minimum Gasteiger partial charge on any atom is -0.332 e. The molecule has 1 amide bonds. The van der Waals surface area contributed by atoms with Gasteiger partial charge in [0.15, 0.2) is 0 Å². The van der Waals surface area contributed by atoms with Crippen molar-refractivity contribution < 1.29 is 18.0 Å². The fourth-order valence-electron chi connectivity index (χ4n) is 2.37. The molecule has 0 saturated heterocycles. The molecule has 0 aliphatic rings. The summed E-state index contributed by atoms with van der Waals surface area (Å²) in [5.74, 6) is -0.326. The number of aromatic nitrogens is 1. The standard InChI is InChI=1S/C18H19F3N2O/c1-12(2)23(11-14-7-5-4-6-8-14)17(24)15-9-10-16(18(19,20)21)22-13(15)3/h4-10,12H,11H2,1-3H3. The Hall–Kier alpha value is -2.37. The van der Waals surface area contributed by atoms with Crippen LogP contribution in [0.5, 0.6) is 0 Å². The van der Waals surface area contributed by atoms with E-state index in [9.17, 15) is 18.0 Å². The quantitative estimate of drug-likeness (QED) is 0.826. The van der Waals surface area contributed by atoms with Crippen molar-refractivity contribution in [1.29, 1.82) is 0 Å². The maximum absolute atomic E-state index is 12.8. The number of aryl methyl sites for hydroxylation is 1. The second kappa shape index (κ2) is 7.03. The summed E-state index contributed by atoms with van der Waals surface area (Å²) in [6.45, 7) is 5.54. The topological polar surface area (TPSA) is 33.2 Å². The lowest BCUT2D eigenvalue weighted by atomic mass is 10.1. The van der Waals surface area contributed by atoms with E-state index in [0.29, 0.717) is 6.54 Å². The van der Waals surface area contributed by atoms with Gasteiger partial charge in [-0.15, -0.1) is 0 Å². The summed E-state index contributed by atoms with van der Waals surface area (Å²) >= 11 is 0. The number of carbonyl (C=O) groups excluding carboxylic acids is 1. The molecule has 0 fully saturated rings. The normalized spacial score (nSPS) is 11.6. The summed E-state index contributed by atoms with van der Waals surface area (Å²) in [4.78, 5) is 17.9. The van der Waals surface area contributed by atoms with Gasteiger partial charge < -0.3 is 4.90 Å². The Morgan fingerprint density at radius 1 is 1.12 bits per heavy atom. The number of nitrogens with zero attached hydrogens (tertiary/aromatic N) is 2. The van der Waals surface area contributed by atoms with Gasteiger partial charge in [0.2, 0.25) is 0 Å². The van der Waals surface area contributed by atoms with Gasteiger partial charge >= 0.3 is 6.18 Å². The molecule has 1 heterocycles. The van der Waals surface area contributed by atoms with Gasteiger partial charge in [0, 0.05) is 12.6 Å². The number of hydrogen-bond donors (Lipinski definition) is 0. The molecule has 0 radical (unpaired) electrons. The van der Waals surface area contributed by atoms with Gasteiger partial charge in [0.1, 0.15) is 5.69 Å². The molecule has 0 bridgehead atoms. The highest BCUT2D eigenvalue weighted by atomic mass is 19.4. The maximum atomic E-state index is 12.8. The van der Waals surface area contributed by atoms with Crippen LogP contribution in [0.2, 0.25) is 0 Å². The maximum Gasteiger partial charge on any atom is 0.433 e. The second-order valence-electron chi connectivity index (χ2n) is 5.84. The van der Waals surface area contributed by atoms with Gasteiger partial charge in [-0.05, 0) is 38.5 Å². The molecule has 1 aromatic heterocycles. The fourth-order valence-corrected chi connectivity index (χ4v) is 2.37. The van der Waals surface area contributed by atoms with Crippen LogP contribution in [-0.2, 0) is 12.7 Å². The predicted molar refractivity (Wildman–Crippen MR) is 85.4 cm³/mol. The first-order valence-corrected chi connectivity index (χ1v) is 7.60. The molecule has 0 aliphatic carbocycles. The monoisotopic (exact) mass is 336 g/mol. The lowest BCUT2D eigenvalue weighted by Crippen LogP contribution is -2.37. The van der Waals surface area contributed by atoms with Crippen LogP contribution in [0.1, 0.15) is 41.2 Å². The molecule has 0 spiro atoms. The minimum absolute atomic E-state index is 0.0773. The van der Waals surface area contributed by atoms with Gasteiger partial charge in [-0.25, -0.2) is 4.98 Å². The molecule has 1 aromatic carbocycles. The van der Waals surface area contributed by atoms with Crippen molar-refractivity contribution in [3.05, 3.63) is 65.0 Å². The van der Waals surface area contributed by atoms with Crippen LogP contribution < -0.4 is 0 Å². The molecule has 3 nitrogen and oxygen atoms in total. The zero-order valence-corrected chi connectivity index (χ0v) is 13.8. The van der Waals surface area contributed by atoms with E-state index in [1.165, 1.54) is 13.0 Å². The predicted octanol–water partition coefficient (Wildman–Crippen LogP) is 4.46. The first kappa shape index (κ1) is 18.0. The molecule has 0 unspecified atom stereocenters. The molecule has 0 saturated carbocycles. The van der Waals surface area contributed by atoms with Crippen LogP contribution in [-0.4, -0.2) is 21.8 Å². The highest BCUT2D eigenvalue weighted by molar-refractivity contribution is 5.95. The van der Waals surface area contributed by atoms with Crippen LogP contribution in [0.25, 0.3) is 0 Å². The van der Waals surface area contributed by atoms with Crippen molar-refractivity contribution >= 4 is 5.91 Å². The van der Waals surface area contributed by atoms with Crippen LogP contribution >= 0.6 is 0 Å². The molecule has 0 N–H and O–H groups in total. The third kappa shape index (κ3) is 4.13. The first-order chi connectivity index (χ1) is 11.2. The summed E-state index contributed by atoms with van der Waals surface area (Å²) in [7, 11) is 0. The van der Waals surface area contributed by atoms with Crippen molar-refractivity contribution in [2.75, 3.05) is 0 Å². The summed E-state index contributed by atoms with van der Waals surface area (Å²) in [5, 5.41) is 0. The van der Waals surface area contributed by atoms with Crippen molar-refractivity contribution in [3.8, 4) is 0 Å². The smallest absolute Gasteiger partial charge is 0.332 e. The van der Waals surface area contributed by atoms with Crippen molar-refractivity contribution in [1.82, 2.24) is 9.88 Å². The number of halogens is 3. The summed E-state index contributed by atoms with van der Waals surface area (Å²) < 4.78 is 38.2. The summed E-state index contributed by atoms with van der Waals surface area (Å²) in [6.07, 6.45) is -4.52. The third-order valence-corrected chi connectivity index (χ3v) is 3.69. The zero-order valence-electron chi connectivity index (χ0n) is 13.8. The number of pyridine rings is 1. The number of benzene rings is 1. The molecule has 128 valence electrons. The van der Waals surface area contributed by atoms with Crippen LogP contribution in [0.4, 0.5) is 13.2 Å². The van der Waals surface area contributed by atoms with Gasteiger partial charge in [-0.1, -0.05) is 30.3 Å². The molecule has 6 heteroatoms. The van der Waals surface area contributed by atoms with E-state index in [2.05, 4.69) is 4.98 Å². The zero-order chi connectivity index (χ0) is 17.9. The van der Waals surface area contributed by atoms with E-state index in [-0.39, 0.29) is 23.2 Å². The summed E-state index contributed by atoms with van der Waals surface area (Å²) in [5.41, 5.74) is 0.231. The second-order valence-corrected chi connectivity index (χ2v) is 5.84. The molecule has 2 rings (SSSR count). The fraction of sp³-hybridized carbons (Fsp3) is 0.333. The Morgan fingerprint density at radius 2 is 1.75 bits per heavy atom. The van der Waals surface area contributed by atoms with Crippen molar-refractivity contribution in [3.63, 3.8) is 0 Å². The number of alkyl halides is 3. The van der Waals surface area contributed by atoms with E-state index in [0.717, 1.165) is 11.6 Å². The molecular weight excluding hydrogens is 317 g/mol. The van der Waals surface area contributed by atoms with Crippen LogP contribution in [0, 0.1) is 6.92 Å². The van der Waals surface area contributed by atoms with Gasteiger partial charge in [-0.3, -0.25) is 4.79 Å². The molecule has 24 heavy (non-hydrogen) atoms. The Morgan fingerprint density at radius 3 is 2.25 bits per heavy atom. The largest absolute Gasteiger partial charge is 0.433 e. The molecular formula is C18H19F3N2O. The number of hydrogen-bond acceptors (Lipinski definition) is 2. The van der Waals surface area contributed by atoms with Crippen LogP contribution in [0.3, 0.4) is 0 Å². The molecule has 0 atom stereocenters. The SMILES string of the molecule is Cc1nc(C(F)(F)F)ccc1C(=O)N(Cc1ccccc1)C(C)C. The van der Waals surface area contributed by atoms with E-state index in [4.69, 9.17) is 0 Å². The Balaban J connectivity index is 2.30. The lowest BCUT2D eigenvalue weighted by molar-refractivity contribution is -0.141. The van der Waals surface area contributed by atoms with Gasteiger partial charge in [0.05, 0.1) is 11.3 Å². The Kier molecular flexibility index (Phi) is 5.26. The molecule has 2 aromatic rings. The average molecular weight is 336 g/mol. The highest BCUT2D eigenvalue weighted by Crippen LogP contribution is 2.28. The average Bonchev–Trinajstić information content (AvgIpc) is 2.51. The minimum atomic E-state index is -4.52. The van der Waals surface area contributed by atoms with E-state index < -0.39 is 11.9 Å². The third-order valence-electron chi connectivity index (χ3n) is 3.69. The van der Waals surface area contributed by atoms with Crippen molar-refractivity contribution in [2.24, 2.45) is 0 Å². The number of rotatable bonds is 4. The van der Waals surface area contributed by atoms with E-state index >= 15 is 0 Å². The van der Waals surface area contributed by atoms with Gasteiger partial charge in [-0.2, -0.15) is 13.2 Å².